The van der Waals surface area contributed by atoms with Crippen molar-refractivity contribution in [3.8, 4) is 0 Å². The van der Waals surface area contributed by atoms with E-state index in [9.17, 15) is 24.0 Å². The third-order valence-electron chi connectivity index (χ3n) is 6.34. The SMILES string of the molecule is CC(C)C1NC(=O)CC(/C=C/CCS)OC(=O)C(C(C)C)NC(=O)C2CC(=O)C(CSC2C)NC1=O. The Labute approximate surface area is 223 Å². The highest BCUT2D eigenvalue weighted by Gasteiger charge is 2.39. The lowest BCUT2D eigenvalue weighted by Crippen LogP contribution is -2.55. The number of nitrogens with one attached hydrogen (secondary N) is 3. The average molecular weight is 542 g/mol. The molecule has 202 valence electrons. The molecule has 3 amide bonds. The quantitative estimate of drug-likeness (QED) is 0.237. The summed E-state index contributed by atoms with van der Waals surface area (Å²) in [7, 11) is 0. The van der Waals surface area contributed by atoms with E-state index < -0.39 is 53.8 Å². The maximum absolute atomic E-state index is 13.2. The summed E-state index contributed by atoms with van der Waals surface area (Å²) >= 11 is 5.60. The fraction of sp³-hybridized carbons (Fsp3) is 0.720. The van der Waals surface area contributed by atoms with Gasteiger partial charge in [0, 0.05) is 17.4 Å². The molecule has 0 aliphatic carbocycles. The van der Waals surface area contributed by atoms with E-state index in [0.29, 0.717) is 17.9 Å². The zero-order chi connectivity index (χ0) is 27.0. The van der Waals surface area contributed by atoms with Gasteiger partial charge in [-0.3, -0.25) is 19.2 Å². The fourth-order valence-electron chi connectivity index (χ4n) is 4.07. The van der Waals surface area contributed by atoms with Crippen LogP contribution in [0.15, 0.2) is 12.2 Å². The van der Waals surface area contributed by atoms with Crippen LogP contribution < -0.4 is 16.0 Å². The van der Waals surface area contributed by atoms with Crippen LogP contribution in [0.1, 0.15) is 53.9 Å². The Balaban J connectivity index is 2.44. The minimum Gasteiger partial charge on any atom is -0.456 e. The topological polar surface area (TPSA) is 131 Å². The molecule has 0 saturated carbocycles. The van der Waals surface area contributed by atoms with Crippen molar-refractivity contribution in [3.05, 3.63) is 12.2 Å². The molecule has 6 unspecified atom stereocenters. The minimum absolute atomic E-state index is 0.0569. The Morgan fingerprint density at radius 2 is 1.64 bits per heavy atom. The molecular formula is C25H39N3O6S2. The van der Waals surface area contributed by atoms with Crippen molar-refractivity contribution in [1.29, 1.82) is 0 Å². The van der Waals surface area contributed by atoms with Gasteiger partial charge in [0.25, 0.3) is 0 Å². The molecular weight excluding hydrogens is 502 g/mol. The van der Waals surface area contributed by atoms with E-state index in [1.54, 1.807) is 39.8 Å². The smallest absolute Gasteiger partial charge is 0.329 e. The average Bonchev–Trinajstić information content (AvgIpc) is 2.93. The van der Waals surface area contributed by atoms with E-state index in [1.807, 2.05) is 6.92 Å². The number of ether oxygens (including phenoxy) is 1. The number of esters is 1. The van der Waals surface area contributed by atoms with E-state index in [0.717, 1.165) is 0 Å². The molecule has 2 aliphatic heterocycles. The summed E-state index contributed by atoms with van der Waals surface area (Å²) in [5.74, 6) is -2.51. The van der Waals surface area contributed by atoms with Gasteiger partial charge in [0.1, 0.15) is 18.2 Å². The summed E-state index contributed by atoms with van der Waals surface area (Å²) in [6.45, 7) is 9.04. The number of carbonyl (C=O) groups is 5. The molecule has 0 radical (unpaired) electrons. The van der Waals surface area contributed by atoms with Crippen LogP contribution in [-0.4, -0.2) is 70.5 Å². The molecule has 2 aliphatic rings. The molecule has 2 rings (SSSR count). The first-order valence-corrected chi connectivity index (χ1v) is 14.1. The van der Waals surface area contributed by atoms with Crippen molar-refractivity contribution in [2.45, 2.75) is 83.4 Å². The molecule has 2 bridgehead atoms. The summed E-state index contributed by atoms with van der Waals surface area (Å²) in [6.07, 6.45) is 2.90. The third kappa shape index (κ3) is 8.54. The summed E-state index contributed by atoms with van der Waals surface area (Å²) in [5.41, 5.74) is 0. The third-order valence-corrected chi connectivity index (χ3v) is 7.98. The first-order valence-electron chi connectivity index (χ1n) is 12.5. The van der Waals surface area contributed by atoms with Gasteiger partial charge in [-0.05, 0) is 30.1 Å². The molecule has 2 heterocycles. The molecule has 0 aromatic heterocycles. The highest BCUT2D eigenvalue weighted by atomic mass is 32.2. The Morgan fingerprint density at radius 3 is 2.25 bits per heavy atom. The predicted octanol–water partition coefficient (Wildman–Crippen LogP) is 1.66. The Kier molecular flexibility index (Phi) is 11.8. The van der Waals surface area contributed by atoms with E-state index in [-0.39, 0.29) is 35.7 Å². The van der Waals surface area contributed by atoms with Gasteiger partial charge in [-0.25, -0.2) is 4.79 Å². The number of amides is 3. The number of thioether (sulfide) groups is 1. The van der Waals surface area contributed by atoms with Gasteiger partial charge in [0.2, 0.25) is 17.7 Å². The van der Waals surface area contributed by atoms with Crippen molar-refractivity contribution in [2.24, 2.45) is 17.8 Å². The monoisotopic (exact) mass is 541 g/mol. The summed E-state index contributed by atoms with van der Waals surface area (Å²) < 4.78 is 5.67. The molecule has 3 N–H and O–H groups in total. The van der Waals surface area contributed by atoms with Crippen LogP contribution in [-0.2, 0) is 28.7 Å². The van der Waals surface area contributed by atoms with E-state index in [2.05, 4.69) is 28.6 Å². The number of ketones is 1. The van der Waals surface area contributed by atoms with Gasteiger partial charge in [-0.1, -0.05) is 40.7 Å². The fourth-order valence-corrected chi connectivity index (χ4v) is 5.44. The first-order chi connectivity index (χ1) is 16.9. The number of hydrogen-bond acceptors (Lipinski definition) is 8. The lowest BCUT2D eigenvalue weighted by molar-refractivity contribution is -0.154. The van der Waals surface area contributed by atoms with E-state index in [4.69, 9.17) is 4.74 Å². The van der Waals surface area contributed by atoms with Gasteiger partial charge in [-0.15, -0.1) is 0 Å². The summed E-state index contributed by atoms with van der Waals surface area (Å²) in [5, 5.41) is 8.11. The highest BCUT2D eigenvalue weighted by Crippen LogP contribution is 2.29. The zero-order valence-corrected chi connectivity index (χ0v) is 23.3. The largest absolute Gasteiger partial charge is 0.456 e. The molecule has 6 atom stereocenters. The number of carbonyl (C=O) groups excluding carboxylic acids is 5. The second-order valence-corrected chi connectivity index (χ2v) is 11.9. The van der Waals surface area contributed by atoms with Crippen LogP contribution >= 0.6 is 24.4 Å². The second kappa shape index (κ2) is 14.1. The number of allylic oxidation sites excluding steroid dienone is 1. The van der Waals surface area contributed by atoms with Gasteiger partial charge in [-0.2, -0.15) is 24.4 Å². The lowest BCUT2D eigenvalue weighted by atomic mass is 9.94. The van der Waals surface area contributed by atoms with Crippen molar-refractivity contribution < 1.29 is 28.7 Å². The Bertz CT molecular complexity index is 863. The summed E-state index contributed by atoms with van der Waals surface area (Å²) in [4.78, 5) is 65.3. The van der Waals surface area contributed by atoms with Gasteiger partial charge in [0.15, 0.2) is 5.78 Å². The molecule has 11 heteroatoms. The maximum Gasteiger partial charge on any atom is 0.329 e. The van der Waals surface area contributed by atoms with E-state index >= 15 is 0 Å². The van der Waals surface area contributed by atoms with Crippen LogP contribution in [0, 0.1) is 17.8 Å². The van der Waals surface area contributed by atoms with Crippen LogP contribution in [0.4, 0.5) is 0 Å². The van der Waals surface area contributed by atoms with Crippen molar-refractivity contribution in [3.63, 3.8) is 0 Å². The van der Waals surface area contributed by atoms with Crippen LogP contribution in [0.2, 0.25) is 0 Å². The highest BCUT2D eigenvalue weighted by molar-refractivity contribution is 8.00. The van der Waals surface area contributed by atoms with Crippen LogP contribution in [0.25, 0.3) is 0 Å². The van der Waals surface area contributed by atoms with Crippen molar-refractivity contribution in [2.75, 3.05) is 11.5 Å². The number of fused-ring (bicyclic) bond motifs is 3. The summed E-state index contributed by atoms with van der Waals surface area (Å²) in [6, 6.07) is -2.58. The molecule has 36 heavy (non-hydrogen) atoms. The maximum atomic E-state index is 13.2. The second-order valence-electron chi connectivity index (χ2n) is 10.0. The normalized spacial score (nSPS) is 31.3. The van der Waals surface area contributed by atoms with Gasteiger partial charge in [0.05, 0.1) is 18.4 Å². The predicted molar refractivity (Wildman–Crippen MR) is 143 cm³/mol. The standard InChI is InChI=1S/C25H39N3O6S2/c1-13(2)21-24(32)26-18-12-36-15(5)17(11-19(18)29)23(31)28-22(14(3)4)25(33)34-16(8-6-7-9-35)10-20(30)27-21/h6,8,13-18,21-22,35H,7,9-12H2,1-5H3,(H,26,32)(H,27,30)(H,28,31)/b8-6+. The van der Waals surface area contributed by atoms with Gasteiger partial charge < -0.3 is 20.7 Å². The zero-order valence-electron chi connectivity index (χ0n) is 21.6. The molecule has 9 nitrogen and oxygen atoms in total. The minimum atomic E-state index is -0.941. The van der Waals surface area contributed by atoms with Gasteiger partial charge >= 0.3 is 5.97 Å². The molecule has 0 spiro atoms. The molecule has 0 aromatic carbocycles. The molecule has 0 aromatic rings. The number of hydrogen-bond donors (Lipinski definition) is 4. The van der Waals surface area contributed by atoms with Crippen LogP contribution in [0.3, 0.4) is 0 Å². The number of thiol groups is 1. The lowest BCUT2D eigenvalue weighted by Gasteiger charge is -2.28. The van der Waals surface area contributed by atoms with Crippen molar-refractivity contribution in [1.82, 2.24) is 16.0 Å². The van der Waals surface area contributed by atoms with E-state index in [1.165, 1.54) is 11.8 Å². The number of cyclic esters (lactones) is 1. The Hall–Kier alpha value is -2.01. The Morgan fingerprint density at radius 1 is 0.972 bits per heavy atom. The molecule has 2 fully saturated rings. The number of Topliss-reactive ketones (excluding diaryl/α,β-unsaturated/α-hetero) is 1. The van der Waals surface area contributed by atoms with Crippen LogP contribution in [0.5, 0.6) is 0 Å². The molecule has 2 saturated heterocycles. The number of rotatable bonds is 5. The first kappa shape index (κ1) is 30.2. The van der Waals surface area contributed by atoms with Crippen molar-refractivity contribution >= 4 is 53.9 Å².